The van der Waals surface area contributed by atoms with Crippen molar-refractivity contribution in [1.29, 1.82) is 0 Å². The van der Waals surface area contributed by atoms with Gasteiger partial charge in [-0.15, -0.1) is 0 Å². The summed E-state index contributed by atoms with van der Waals surface area (Å²) in [6.45, 7) is 7.37. The highest BCUT2D eigenvalue weighted by Gasteiger charge is 2.25. The second-order valence-electron chi connectivity index (χ2n) is 9.99. The van der Waals surface area contributed by atoms with Gasteiger partial charge in [0.25, 0.3) is 0 Å². The normalized spacial score (nSPS) is 16.1. The van der Waals surface area contributed by atoms with E-state index in [2.05, 4.69) is 25.0 Å². The van der Waals surface area contributed by atoms with E-state index in [4.69, 9.17) is 14.0 Å². The summed E-state index contributed by atoms with van der Waals surface area (Å²) < 4.78 is 31.7. The van der Waals surface area contributed by atoms with Gasteiger partial charge in [0.1, 0.15) is 24.5 Å². The quantitative estimate of drug-likeness (QED) is 0.390. The van der Waals surface area contributed by atoms with E-state index in [-0.39, 0.29) is 24.3 Å². The van der Waals surface area contributed by atoms with Crippen molar-refractivity contribution in [2.24, 2.45) is 0 Å². The van der Waals surface area contributed by atoms with E-state index in [1.165, 1.54) is 12.4 Å². The Morgan fingerprint density at radius 1 is 1.21 bits per heavy atom. The molecule has 1 saturated heterocycles. The highest BCUT2D eigenvalue weighted by atomic mass is 19.1. The number of hydrogen-bond acceptors (Lipinski definition) is 9. The lowest BCUT2D eigenvalue weighted by atomic mass is 10.1. The molecule has 0 unspecified atom stereocenters. The highest BCUT2D eigenvalue weighted by molar-refractivity contribution is 5.79. The van der Waals surface area contributed by atoms with Crippen molar-refractivity contribution < 1.29 is 23.2 Å². The third kappa shape index (κ3) is 6.27. The number of nitrogens with zero attached hydrogens (tertiary/aromatic N) is 6. The van der Waals surface area contributed by atoms with Gasteiger partial charge < -0.3 is 23.8 Å². The van der Waals surface area contributed by atoms with Crippen LogP contribution in [0.5, 0.6) is 5.75 Å². The summed E-state index contributed by atoms with van der Waals surface area (Å²) in [5, 5.41) is 4.03. The largest absolute Gasteiger partial charge is 0.491 e. The topological polar surface area (TPSA) is 107 Å². The van der Waals surface area contributed by atoms with Crippen molar-refractivity contribution in [3.05, 3.63) is 59.2 Å². The van der Waals surface area contributed by atoms with Gasteiger partial charge in [-0.25, -0.2) is 14.4 Å². The lowest BCUT2D eigenvalue weighted by Crippen LogP contribution is -2.37. The van der Waals surface area contributed by atoms with Crippen molar-refractivity contribution >= 4 is 11.9 Å². The molecule has 0 bridgehead atoms. The molecule has 0 aliphatic carbocycles. The van der Waals surface area contributed by atoms with E-state index in [0.717, 1.165) is 43.0 Å². The molecule has 10 nitrogen and oxygen atoms in total. The van der Waals surface area contributed by atoms with Crippen LogP contribution in [-0.2, 0) is 28.9 Å². The van der Waals surface area contributed by atoms with Crippen molar-refractivity contribution in [3.8, 4) is 5.75 Å². The number of hydrogen-bond donors (Lipinski definition) is 0. The molecule has 0 N–H and O–H groups in total. The molecule has 5 rings (SSSR count). The predicted octanol–water partition coefficient (Wildman–Crippen LogP) is 3.31. The van der Waals surface area contributed by atoms with Gasteiger partial charge in [0.2, 0.25) is 5.91 Å². The fraction of sp³-hybridized carbons (Fsp3) is 0.519. The second-order valence-corrected chi connectivity index (χ2v) is 9.99. The molecule has 11 heteroatoms. The molecule has 0 atom stereocenters. The first-order valence-corrected chi connectivity index (χ1v) is 13.1. The van der Waals surface area contributed by atoms with E-state index >= 15 is 0 Å². The second kappa shape index (κ2) is 11.8. The first-order chi connectivity index (χ1) is 18.5. The number of carbonyl (C=O) groups excluding carboxylic acids is 1. The number of benzene rings is 1. The Bertz CT molecular complexity index is 1240. The van der Waals surface area contributed by atoms with Crippen LogP contribution in [0.25, 0.3) is 0 Å². The van der Waals surface area contributed by atoms with Crippen LogP contribution in [0.2, 0.25) is 0 Å². The van der Waals surface area contributed by atoms with Crippen LogP contribution in [0.1, 0.15) is 55.3 Å². The first-order valence-electron chi connectivity index (χ1n) is 13.1. The van der Waals surface area contributed by atoms with Gasteiger partial charge >= 0.3 is 6.01 Å². The molecule has 1 fully saturated rings. The highest BCUT2D eigenvalue weighted by Crippen LogP contribution is 2.23. The minimum absolute atomic E-state index is 0.00326. The van der Waals surface area contributed by atoms with Crippen molar-refractivity contribution in [3.63, 3.8) is 0 Å². The Balaban J connectivity index is 1.02. The molecular weight excluding hydrogens is 491 g/mol. The molecule has 2 aliphatic rings. The average Bonchev–Trinajstić information content (AvgIpc) is 3.43. The van der Waals surface area contributed by atoms with Crippen LogP contribution in [0.15, 0.2) is 35.2 Å². The number of amides is 1. The third-order valence-corrected chi connectivity index (χ3v) is 6.96. The Hall–Kier alpha value is -3.60. The maximum atomic E-state index is 14.7. The molecular formula is C27H33FN6O4. The van der Waals surface area contributed by atoms with E-state index < -0.39 is 5.82 Å². The van der Waals surface area contributed by atoms with E-state index in [0.29, 0.717) is 50.1 Å². The molecule has 1 amide bonds. The summed E-state index contributed by atoms with van der Waals surface area (Å²) in [5.74, 6) is 0.786. The van der Waals surface area contributed by atoms with Gasteiger partial charge in [-0.1, -0.05) is 25.1 Å². The average molecular weight is 525 g/mol. The van der Waals surface area contributed by atoms with Crippen molar-refractivity contribution in [2.45, 2.75) is 58.1 Å². The zero-order valence-electron chi connectivity index (χ0n) is 21.8. The van der Waals surface area contributed by atoms with Crippen LogP contribution in [0, 0.1) is 5.82 Å². The standard InChI is InChI=1S/C27H33FN6O4/c1-18(2)26-31-27(38-32-26)33-9-6-21(7-10-33)36-11-12-37-22-4-3-19(23(28)14-22)13-25(35)34-8-5-20-15-29-17-30-24(20)16-34/h3-4,14-15,17-18,21H,5-13,16H2,1-2H3. The SMILES string of the molecule is CC(C)c1noc(N2CCC(OCCOc3ccc(CC(=O)N4CCc5cncnc5C4)c(F)c3)CC2)n1. The number of carbonyl (C=O) groups is 1. The first kappa shape index (κ1) is 26.0. The van der Waals surface area contributed by atoms with Crippen molar-refractivity contribution in [2.75, 3.05) is 37.7 Å². The minimum Gasteiger partial charge on any atom is -0.491 e. The van der Waals surface area contributed by atoms with Gasteiger partial charge in [-0.05, 0) is 36.5 Å². The molecule has 3 aromatic rings. The minimum atomic E-state index is -0.453. The van der Waals surface area contributed by atoms with Crippen LogP contribution >= 0.6 is 0 Å². The summed E-state index contributed by atoms with van der Waals surface area (Å²) in [4.78, 5) is 29.3. The smallest absolute Gasteiger partial charge is 0.324 e. The van der Waals surface area contributed by atoms with Gasteiger partial charge in [0.15, 0.2) is 5.82 Å². The predicted molar refractivity (Wildman–Crippen MR) is 136 cm³/mol. The molecule has 38 heavy (non-hydrogen) atoms. The summed E-state index contributed by atoms with van der Waals surface area (Å²) >= 11 is 0. The molecule has 0 spiro atoms. The zero-order valence-corrected chi connectivity index (χ0v) is 21.8. The number of piperidine rings is 1. The van der Waals surface area contributed by atoms with Crippen molar-refractivity contribution in [1.82, 2.24) is 25.0 Å². The van der Waals surface area contributed by atoms with Gasteiger partial charge in [-0.2, -0.15) is 4.98 Å². The fourth-order valence-corrected chi connectivity index (χ4v) is 4.68. The number of rotatable bonds is 9. The number of ether oxygens (including phenoxy) is 2. The molecule has 2 aliphatic heterocycles. The van der Waals surface area contributed by atoms with E-state index in [1.807, 2.05) is 13.8 Å². The Morgan fingerprint density at radius 2 is 2.05 bits per heavy atom. The number of halogens is 1. The van der Waals surface area contributed by atoms with E-state index in [1.54, 1.807) is 23.2 Å². The summed E-state index contributed by atoms with van der Waals surface area (Å²) in [5.41, 5.74) is 2.26. The lowest BCUT2D eigenvalue weighted by Gasteiger charge is -2.30. The van der Waals surface area contributed by atoms with Gasteiger partial charge in [0, 0.05) is 37.8 Å². The van der Waals surface area contributed by atoms with Gasteiger partial charge in [-0.3, -0.25) is 4.79 Å². The number of aromatic nitrogens is 4. The number of anilines is 1. The lowest BCUT2D eigenvalue weighted by molar-refractivity contribution is -0.131. The summed E-state index contributed by atoms with van der Waals surface area (Å²) in [6, 6.07) is 5.20. The zero-order chi connectivity index (χ0) is 26.5. The molecule has 2 aromatic heterocycles. The molecule has 4 heterocycles. The summed E-state index contributed by atoms with van der Waals surface area (Å²) in [6.07, 6.45) is 5.81. The molecule has 1 aromatic carbocycles. The van der Waals surface area contributed by atoms with Crippen LogP contribution in [-0.4, -0.2) is 69.9 Å². The summed E-state index contributed by atoms with van der Waals surface area (Å²) in [7, 11) is 0. The molecule has 0 saturated carbocycles. The van der Waals surface area contributed by atoms with Gasteiger partial charge in [0.05, 0.1) is 31.4 Å². The third-order valence-electron chi connectivity index (χ3n) is 6.96. The Morgan fingerprint density at radius 3 is 2.82 bits per heavy atom. The Labute approximate surface area is 221 Å². The number of fused-ring (bicyclic) bond motifs is 1. The fourth-order valence-electron chi connectivity index (χ4n) is 4.68. The van der Waals surface area contributed by atoms with Crippen LogP contribution < -0.4 is 9.64 Å². The molecule has 0 radical (unpaired) electrons. The monoisotopic (exact) mass is 524 g/mol. The molecule has 202 valence electrons. The van der Waals surface area contributed by atoms with E-state index in [9.17, 15) is 9.18 Å². The van der Waals surface area contributed by atoms with Crippen LogP contribution in [0.3, 0.4) is 0 Å². The Kier molecular flexibility index (Phi) is 8.11. The maximum Gasteiger partial charge on any atom is 0.324 e. The maximum absolute atomic E-state index is 14.7. The van der Waals surface area contributed by atoms with Crippen LogP contribution in [0.4, 0.5) is 10.4 Å².